The van der Waals surface area contributed by atoms with E-state index in [1.165, 1.54) is 6.33 Å². The number of aromatic nitrogens is 2. The van der Waals surface area contributed by atoms with E-state index in [-0.39, 0.29) is 10.8 Å². The van der Waals surface area contributed by atoms with Gasteiger partial charge in [0, 0.05) is 23.6 Å². The van der Waals surface area contributed by atoms with E-state index in [1.807, 2.05) is 6.07 Å². The zero-order chi connectivity index (χ0) is 11.5. The van der Waals surface area contributed by atoms with Gasteiger partial charge in [0.2, 0.25) is 5.88 Å². The van der Waals surface area contributed by atoms with Crippen LogP contribution in [-0.2, 0) is 6.42 Å². The number of ether oxygens (including phenoxy) is 1. The summed E-state index contributed by atoms with van der Waals surface area (Å²) in [5, 5.41) is 0.0529. The molecule has 3 nitrogen and oxygen atoms in total. The highest BCUT2D eigenvalue weighted by atomic mass is 35.5. The number of nitrogens with zero attached hydrogens (tertiary/aromatic N) is 2. The minimum absolute atomic E-state index is 0.0529. The lowest BCUT2D eigenvalue weighted by molar-refractivity contribution is 0.380. The van der Waals surface area contributed by atoms with E-state index >= 15 is 0 Å². The molecule has 84 valence electrons. The zero-order valence-corrected chi connectivity index (χ0v) is 10.4. The maximum absolute atomic E-state index is 6.29. The van der Waals surface area contributed by atoms with Crippen molar-refractivity contribution in [2.45, 2.75) is 32.6 Å². The van der Waals surface area contributed by atoms with Crippen LogP contribution in [0.5, 0.6) is 5.88 Å². The molecule has 1 aromatic heterocycles. The molecule has 0 aliphatic heterocycles. The van der Waals surface area contributed by atoms with Crippen molar-refractivity contribution in [1.82, 2.24) is 9.97 Å². The number of halogens is 1. The topological polar surface area (TPSA) is 35.0 Å². The van der Waals surface area contributed by atoms with Gasteiger partial charge in [-0.1, -0.05) is 20.8 Å². The van der Waals surface area contributed by atoms with E-state index in [2.05, 4.69) is 30.7 Å². The molecule has 0 bridgehead atoms. The van der Waals surface area contributed by atoms with Crippen molar-refractivity contribution < 1.29 is 4.74 Å². The summed E-state index contributed by atoms with van der Waals surface area (Å²) in [6, 6.07) is 1.82. The van der Waals surface area contributed by atoms with Crippen LogP contribution < -0.4 is 4.74 Å². The van der Waals surface area contributed by atoms with E-state index < -0.39 is 0 Å². The molecule has 0 fully saturated rings. The normalized spacial score (nSPS) is 13.7. The summed E-state index contributed by atoms with van der Waals surface area (Å²) in [7, 11) is 1.59. The summed E-state index contributed by atoms with van der Waals surface area (Å²) in [5.41, 5.74) is 0.983. The average Bonchev–Trinajstić information content (AvgIpc) is 2.16. The van der Waals surface area contributed by atoms with Gasteiger partial charge in [0.15, 0.2) is 0 Å². The molecule has 0 amide bonds. The van der Waals surface area contributed by atoms with Crippen molar-refractivity contribution in [3.63, 3.8) is 0 Å². The smallest absolute Gasteiger partial charge is 0.216 e. The van der Waals surface area contributed by atoms with Crippen LogP contribution in [0.3, 0.4) is 0 Å². The first kappa shape index (κ1) is 12.2. The molecule has 0 saturated heterocycles. The maximum Gasteiger partial charge on any atom is 0.216 e. The van der Waals surface area contributed by atoms with E-state index in [1.54, 1.807) is 7.11 Å². The highest BCUT2D eigenvalue weighted by molar-refractivity contribution is 6.21. The Morgan fingerprint density at radius 1 is 1.40 bits per heavy atom. The molecule has 1 atom stereocenters. The Hall–Kier alpha value is -0.830. The van der Waals surface area contributed by atoms with Crippen molar-refractivity contribution in [2.24, 2.45) is 5.41 Å². The van der Waals surface area contributed by atoms with Crippen molar-refractivity contribution in [2.75, 3.05) is 7.11 Å². The molecule has 0 spiro atoms. The van der Waals surface area contributed by atoms with Crippen molar-refractivity contribution in [3.8, 4) is 5.88 Å². The van der Waals surface area contributed by atoms with Gasteiger partial charge in [-0.25, -0.2) is 9.97 Å². The average molecular weight is 229 g/mol. The third-order valence-electron chi connectivity index (χ3n) is 2.24. The van der Waals surface area contributed by atoms with E-state index in [4.69, 9.17) is 16.3 Å². The quantitative estimate of drug-likeness (QED) is 0.747. The molecule has 4 heteroatoms. The molecule has 1 heterocycles. The number of alkyl halides is 1. The predicted molar refractivity (Wildman–Crippen MR) is 61.4 cm³/mol. The standard InChI is InChI=1S/C11H17ClN2O/c1-11(2,3)9(12)5-8-6-10(15-4)14-7-13-8/h6-7,9H,5H2,1-4H3. The third kappa shape index (κ3) is 3.67. The van der Waals surface area contributed by atoms with Crippen LogP contribution >= 0.6 is 11.6 Å². The second-order valence-electron chi connectivity index (χ2n) is 4.59. The molecule has 0 aromatic carbocycles. The molecule has 15 heavy (non-hydrogen) atoms. The minimum Gasteiger partial charge on any atom is -0.481 e. The Bertz CT molecular complexity index is 323. The zero-order valence-electron chi connectivity index (χ0n) is 9.62. The number of hydrogen-bond acceptors (Lipinski definition) is 3. The first-order valence-corrected chi connectivity index (χ1v) is 5.36. The van der Waals surface area contributed by atoms with Gasteiger partial charge in [0.1, 0.15) is 6.33 Å². The van der Waals surface area contributed by atoms with Crippen molar-refractivity contribution in [1.29, 1.82) is 0 Å². The Labute approximate surface area is 95.8 Å². The lowest BCUT2D eigenvalue weighted by atomic mass is 9.89. The van der Waals surface area contributed by atoms with Crippen LogP contribution in [0.1, 0.15) is 26.5 Å². The first-order chi connectivity index (χ1) is 6.93. The number of rotatable bonds is 3. The van der Waals surface area contributed by atoms with Gasteiger partial charge in [-0.15, -0.1) is 11.6 Å². The van der Waals surface area contributed by atoms with Gasteiger partial charge in [-0.3, -0.25) is 0 Å². The molecule has 0 aliphatic carbocycles. The maximum atomic E-state index is 6.29. The summed E-state index contributed by atoms with van der Waals surface area (Å²) < 4.78 is 5.03. The Balaban J connectivity index is 2.72. The van der Waals surface area contributed by atoms with E-state index in [9.17, 15) is 0 Å². The Morgan fingerprint density at radius 2 is 2.07 bits per heavy atom. The molecular formula is C11H17ClN2O. The Kier molecular flexibility index (Phi) is 3.91. The summed E-state index contributed by atoms with van der Waals surface area (Å²) >= 11 is 6.29. The van der Waals surface area contributed by atoms with Gasteiger partial charge < -0.3 is 4.74 Å². The highest BCUT2D eigenvalue weighted by Gasteiger charge is 2.23. The molecule has 0 saturated carbocycles. The summed E-state index contributed by atoms with van der Waals surface area (Å²) in [5.74, 6) is 0.581. The fourth-order valence-corrected chi connectivity index (χ4v) is 1.25. The van der Waals surface area contributed by atoms with Gasteiger partial charge in [0.25, 0.3) is 0 Å². The minimum atomic E-state index is 0.0529. The molecule has 0 aliphatic rings. The molecule has 1 rings (SSSR count). The lowest BCUT2D eigenvalue weighted by Gasteiger charge is -2.24. The van der Waals surface area contributed by atoms with Gasteiger partial charge in [0.05, 0.1) is 7.11 Å². The van der Waals surface area contributed by atoms with E-state index in [0.717, 1.165) is 12.1 Å². The summed E-state index contributed by atoms with van der Waals surface area (Å²) in [6.07, 6.45) is 2.23. The van der Waals surface area contributed by atoms with Gasteiger partial charge >= 0.3 is 0 Å². The SMILES string of the molecule is COc1cc(CC(Cl)C(C)(C)C)ncn1. The Morgan fingerprint density at radius 3 is 2.60 bits per heavy atom. The van der Waals surface area contributed by atoms with Crippen LogP contribution in [0.2, 0.25) is 0 Å². The van der Waals surface area contributed by atoms with Gasteiger partial charge in [-0.2, -0.15) is 0 Å². The lowest BCUT2D eigenvalue weighted by Crippen LogP contribution is -2.23. The van der Waals surface area contributed by atoms with Crippen LogP contribution in [0, 0.1) is 5.41 Å². The van der Waals surface area contributed by atoms with Gasteiger partial charge in [-0.05, 0) is 5.41 Å². The molecule has 1 unspecified atom stereocenters. The molecule has 0 N–H and O–H groups in total. The van der Waals surface area contributed by atoms with Crippen molar-refractivity contribution in [3.05, 3.63) is 18.1 Å². The summed E-state index contributed by atoms with van der Waals surface area (Å²) in [6.45, 7) is 6.34. The fraction of sp³-hybridized carbons (Fsp3) is 0.636. The van der Waals surface area contributed by atoms with Crippen LogP contribution in [-0.4, -0.2) is 22.5 Å². The molecule has 0 radical (unpaired) electrons. The molecule has 1 aromatic rings. The predicted octanol–water partition coefficient (Wildman–Crippen LogP) is 2.68. The monoisotopic (exact) mass is 228 g/mol. The second kappa shape index (κ2) is 4.79. The van der Waals surface area contributed by atoms with Crippen LogP contribution in [0.15, 0.2) is 12.4 Å². The molecular weight excluding hydrogens is 212 g/mol. The van der Waals surface area contributed by atoms with Crippen molar-refractivity contribution >= 4 is 11.6 Å². The van der Waals surface area contributed by atoms with E-state index in [0.29, 0.717) is 5.88 Å². The first-order valence-electron chi connectivity index (χ1n) is 4.92. The summed E-state index contributed by atoms with van der Waals surface area (Å²) in [4.78, 5) is 8.12. The fourth-order valence-electron chi connectivity index (χ4n) is 1.09. The highest BCUT2D eigenvalue weighted by Crippen LogP contribution is 2.27. The second-order valence-corrected chi connectivity index (χ2v) is 5.12. The third-order valence-corrected chi connectivity index (χ3v) is 3.04. The largest absolute Gasteiger partial charge is 0.481 e. The van der Waals surface area contributed by atoms with Crippen LogP contribution in [0.25, 0.3) is 0 Å². The number of methoxy groups -OCH3 is 1. The van der Waals surface area contributed by atoms with Crippen LogP contribution in [0.4, 0.5) is 0 Å². The number of hydrogen-bond donors (Lipinski definition) is 0.